The van der Waals surface area contributed by atoms with Gasteiger partial charge in [0.2, 0.25) is 0 Å². The van der Waals surface area contributed by atoms with Crippen molar-refractivity contribution in [2.75, 3.05) is 22.8 Å². The molecule has 0 spiro atoms. The second-order valence-electron chi connectivity index (χ2n) is 6.01. The van der Waals surface area contributed by atoms with Crippen LogP contribution in [0.4, 0.5) is 5.69 Å². The molecule has 1 saturated heterocycles. The molecule has 0 atom stereocenters. The Kier molecular flexibility index (Phi) is 6.58. The van der Waals surface area contributed by atoms with E-state index in [0.29, 0.717) is 23.6 Å². The van der Waals surface area contributed by atoms with Crippen molar-refractivity contribution in [3.05, 3.63) is 54.1 Å². The molecule has 7 nitrogen and oxygen atoms in total. The summed E-state index contributed by atoms with van der Waals surface area (Å²) in [5, 5.41) is 4.12. The minimum Gasteiger partial charge on any atom is -0.494 e. The molecule has 28 heavy (non-hydrogen) atoms. The van der Waals surface area contributed by atoms with Gasteiger partial charge in [-0.2, -0.15) is 16.9 Å². The molecule has 0 saturated carbocycles. The fourth-order valence-corrected chi connectivity index (χ4v) is 4.55. The van der Waals surface area contributed by atoms with Gasteiger partial charge in [-0.05, 0) is 67.6 Å². The second-order valence-corrected chi connectivity index (χ2v) is 8.80. The van der Waals surface area contributed by atoms with E-state index in [1.807, 2.05) is 6.92 Å². The molecule has 2 aromatic rings. The molecule has 0 bridgehead atoms. The van der Waals surface area contributed by atoms with E-state index in [2.05, 4.69) is 15.2 Å². The van der Waals surface area contributed by atoms with Crippen LogP contribution in [0.3, 0.4) is 0 Å². The summed E-state index contributed by atoms with van der Waals surface area (Å²) < 4.78 is 32.8. The van der Waals surface area contributed by atoms with Crippen molar-refractivity contribution in [2.24, 2.45) is 5.10 Å². The van der Waals surface area contributed by atoms with Crippen LogP contribution in [0, 0.1) is 0 Å². The van der Waals surface area contributed by atoms with Crippen LogP contribution in [0.1, 0.15) is 23.7 Å². The Morgan fingerprint density at radius 3 is 2.46 bits per heavy atom. The number of sulfonamides is 1. The van der Waals surface area contributed by atoms with Crippen molar-refractivity contribution in [3.8, 4) is 5.75 Å². The standard InChI is InChI=1S/C19H21N3O4S2/c1-2-26-17-7-9-18(10-8-17)28(24,25)22-15-5-3-14(4-6-15)19(23)21-20-16-11-12-27-13-16/h3-10,22H,2,11-13H2,1H3,(H,21,23)/b20-16+. The zero-order valence-corrected chi connectivity index (χ0v) is 17.0. The summed E-state index contributed by atoms with van der Waals surface area (Å²) in [6.07, 6.45) is 0.886. The number of hydrogen-bond acceptors (Lipinski definition) is 6. The highest BCUT2D eigenvalue weighted by atomic mass is 32.2. The largest absolute Gasteiger partial charge is 0.494 e. The zero-order valence-electron chi connectivity index (χ0n) is 15.3. The van der Waals surface area contributed by atoms with Gasteiger partial charge in [-0.3, -0.25) is 9.52 Å². The van der Waals surface area contributed by atoms with Crippen molar-refractivity contribution < 1.29 is 17.9 Å². The number of amides is 1. The van der Waals surface area contributed by atoms with Crippen LogP contribution in [0.25, 0.3) is 0 Å². The average Bonchev–Trinajstić information content (AvgIpc) is 3.21. The third kappa shape index (κ3) is 5.26. The van der Waals surface area contributed by atoms with Gasteiger partial charge in [-0.15, -0.1) is 0 Å². The molecule has 9 heteroatoms. The number of rotatable bonds is 7. The van der Waals surface area contributed by atoms with E-state index in [0.717, 1.165) is 23.6 Å². The van der Waals surface area contributed by atoms with Gasteiger partial charge in [0.25, 0.3) is 15.9 Å². The predicted molar refractivity (Wildman–Crippen MR) is 112 cm³/mol. The Bertz CT molecular complexity index is 948. The van der Waals surface area contributed by atoms with E-state index in [1.54, 1.807) is 48.2 Å². The molecule has 1 aliphatic rings. The van der Waals surface area contributed by atoms with Gasteiger partial charge in [-0.1, -0.05) is 0 Å². The molecule has 2 aromatic carbocycles. The molecule has 1 amide bonds. The quantitative estimate of drug-likeness (QED) is 0.672. The molecule has 0 aromatic heterocycles. The van der Waals surface area contributed by atoms with E-state index in [1.165, 1.54) is 12.1 Å². The molecule has 1 fully saturated rings. The predicted octanol–water partition coefficient (Wildman–Crippen LogP) is 3.11. The summed E-state index contributed by atoms with van der Waals surface area (Å²) in [6.45, 7) is 2.37. The molecule has 148 valence electrons. The maximum absolute atomic E-state index is 12.5. The van der Waals surface area contributed by atoms with Gasteiger partial charge < -0.3 is 4.74 Å². The van der Waals surface area contributed by atoms with E-state index >= 15 is 0 Å². The van der Waals surface area contributed by atoms with Gasteiger partial charge in [0.15, 0.2) is 0 Å². The summed E-state index contributed by atoms with van der Waals surface area (Å²) >= 11 is 1.78. The van der Waals surface area contributed by atoms with E-state index in [4.69, 9.17) is 4.74 Å². The molecule has 0 radical (unpaired) electrons. The Morgan fingerprint density at radius 2 is 1.86 bits per heavy atom. The SMILES string of the molecule is CCOc1ccc(S(=O)(=O)Nc2ccc(C(=O)N/N=C3\CCSC3)cc2)cc1. The zero-order chi connectivity index (χ0) is 20.0. The average molecular weight is 420 g/mol. The topological polar surface area (TPSA) is 96.9 Å². The van der Waals surface area contributed by atoms with E-state index < -0.39 is 10.0 Å². The molecular weight excluding hydrogens is 398 g/mol. The summed E-state index contributed by atoms with van der Waals surface area (Å²) in [6, 6.07) is 12.4. The highest BCUT2D eigenvalue weighted by Crippen LogP contribution is 2.20. The molecule has 0 unspecified atom stereocenters. The summed E-state index contributed by atoms with van der Waals surface area (Å²) in [4.78, 5) is 12.3. The van der Waals surface area contributed by atoms with Crippen molar-refractivity contribution in [3.63, 3.8) is 0 Å². The van der Waals surface area contributed by atoms with Crippen LogP contribution in [0.15, 0.2) is 58.5 Å². The van der Waals surface area contributed by atoms with Gasteiger partial charge in [-0.25, -0.2) is 13.8 Å². The summed E-state index contributed by atoms with van der Waals surface area (Å²) in [5.41, 5.74) is 4.27. The van der Waals surface area contributed by atoms with Crippen LogP contribution in [-0.2, 0) is 10.0 Å². The molecule has 0 aliphatic carbocycles. The second kappa shape index (κ2) is 9.11. The Balaban J connectivity index is 1.64. The fraction of sp³-hybridized carbons (Fsp3) is 0.263. The minimum atomic E-state index is -3.73. The van der Waals surface area contributed by atoms with Gasteiger partial charge in [0.05, 0.1) is 11.5 Å². The van der Waals surface area contributed by atoms with Crippen molar-refractivity contribution in [1.29, 1.82) is 0 Å². The lowest BCUT2D eigenvalue weighted by Gasteiger charge is -2.10. The molecule has 1 aliphatic heterocycles. The monoisotopic (exact) mass is 419 g/mol. The molecule has 2 N–H and O–H groups in total. The van der Waals surface area contributed by atoms with Gasteiger partial charge in [0.1, 0.15) is 5.75 Å². The first kappa shape index (κ1) is 20.2. The summed E-state index contributed by atoms with van der Waals surface area (Å²) in [7, 11) is -3.73. The first-order chi connectivity index (χ1) is 13.5. The molecule has 3 rings (SSSR count). The number of thioether (sulfide) groups is 1. The minimum absolute atomic E-state index is 0.128. The fourth-order valence-electron chi connectivity index (χ4n) is 2.52. The summed E-state index contributed by atoms with van der Waals surface area (Å²) in [5.74, 6) is 2.15. The Morgan fingerprint density at radius 1 is 1.14 bits per heavy atom. The number of nitrogens with one attached hydrogen (secondary N) is 2. The third-order valence-corrected chi connectivity index (χ3v) is 6.39. The first-order valence-corrected chi connectivity index (χ1v) is 11.4. The third-order valence-electron chi connectivity index (χ3n) is 3.96. The number of carbonyl (C=O) groups is 1. The van der Waals surface area contributed by atoms with Crippen LogP contribution >= 0.6 is 11.8 Å². The Labute approximate surface area is 168 Å². The molecular formula is C19H21N3O4S2. The van der Waals surface area contributed by atoms with Crippen molar-refractivity contribution in [1.82, 2.24) is 5.43 Å². The number of ether oxygens (including phenoxy) is 1. The number of benzene rings is 2. The maximum atomic E-state index is 12.5. The normalized spacial score (nSPS) is 15.4. The number of carbonyl (C=O) groups excluding carboxylic acids is 1. The lowest BCUT2D eigenvalue weighted by molar-refractivity contribution is 0.0954. The van der Waals surface area contributed by atoms with Crippen LogP contribution in [-0.4, -0.2) is 38.1 Å². The van der Waals surface area contributed by atoms with Crippen LogP contribution in [0.2, 0.25) is 0 Å². The highest BCUT2D eigenvalue weighted by molar-refractivity contribution is 8.00. The number of hydrogen-bond donors (Lipinski definition) is 2. The molecule has 1 heterocycles. The van der Waals surface area contributed by atoms with E-state index in [9.17, 15) is 13.2 Å². The maximum Gasteiger partial charge on any atom is 0.271 e. The lowest BCUT2D eigenvalue weighted by atomic mass is 10.2. The van der Waals surface area contributed by atoms with E-state index in [-0.39, 0.29) is 10.8 Å². The first-order valence-electron chi connectivity index (χ1n) is 8.77. The van der Waals surface area contributed by atoms with Gasteiger partial charge >= 0.3 is 0 Å². The van der Waals surface area contributed by atoms with Crippen molar-refractivity contribution >= 4 is 39.1 Å². The number of nitrogens with zero attached hydrogens (tertiary/aromatic N) is 1. The smallest absolute Gasteiger partial charge is 0.271 e. The van der Waals surface area contributed by atoms with Gasteiger partial charge in [0, 0.05) is 22.7 Å². The van der Waals surface area contributed by atoms with Crippen molar-refractivity contribution in [2.45, 2.75) is 18.2 Å². The lowest BCUT2D eigenvalue weighted by Crippen LogP contribution is -2.19. The van der Waals surface area contributed by atoms with Crippen LogP contribution < -0.4 is 14.9 Å². The highest BCUT2D eigenvalue weighted by Gasteiger charge is 2.15. The Hall–Kier alpha value is -2.52. The van der Waals surface area contributed by atoms with Crippen LogP contribution in [0.5, 0.6) is 5.75 Å². The number of hydrazone groups is 1. The number of anilines is 1.